The first-order valence-electron chi connectivity index (χ1n) is 11.9. The van der Waals surface area contributed by atoms with Crippen LogP contribution < -0.4 is 9.47 Å². The van der Waals surface area contributed by atoms with Crippen LogP contribution in [0.3, 0.4) is 0 Å². The van der Waals surface area contributed by atoms with Crippen LogP contribution in [-0.2, 0) is 6.54 Å². The van der Waals surface area contributed by atoms with Gasteiger partial charge in [0.05, 0.1) is 10.7 Å². The van der Waals surface area contributed by atoms with Gasteiger partial charge in [-0.25, -0.2) is 0 Å². The fourth-order valence-corrected chi connectivity index (χ4v) is 5.79. The molecule has 3 aromatic carbocycles. The van der Waals surface area contributed by atoms with Gasteiger partial charge in [0.15, 0.2) is 11.4 Å². The van der Waals surface area contributed by atoms with E-state index in [0.29, 0.717) is 5.92 Å². The predicted octanol–water partition coefficient (Wildman–Crippen LogP) is 7.81. The Kier molecular flexibility index (Phi) is 6.30. The van der Waals surface area contributed by atoms with E-state index < -0.39 is 0 Å². The maximum absolute atomic E-state index is 2.44. The third kappa shape index (κ3) is 4.53. The number of hydrogen-bond donors (Lipinski definition) is 0. The summed E-state index contributed by atoms with van der Waals surface area (Å²) in [7, 11) is 0. The van der Waals surface area contributed by atoms with Crippen LogP contribution in [-0.4, -0.2) is 0 Å². The maximum Gasteiger partial charge on any atom is 0.211 e. The third-order valence-electron chi connectivity index (χ3n) is 6.38. The number of hydrogen-bond acceptors (Lipinski definition) is 2. The minimum atomic E-state index is 0.544. The van der Waals surface area contributed by atoms with Gasteiger partial charge in [-0.2, -0.15) is 4.57 Å². The minimum absolute atomic E-state index is 0.544. The van der Waals surface area contributed by atoms with Crippen LogP contribution >= 0.6 is 11.8 Å². The Balaban J connectivity index is 1.49. The van der Waals surface area contributed by atoms with E-state index in [4.69, 9.17) is 0 Å². The van der Waals surface area contributed by atoms with Gasteiger partial charge in [0.1, 0.15) is 0 Å². The molecule has 34 heavy (non-hydrogen) atoms. The highest BCUT2D eigenvalue weighted by atomic mass is 32.2. The second kappa shape index (κ2) is 9.52. The van der Waals surface area contributed by atoms with Gasteiger partial charge in [-0.1, -0.05) is 80.2 Å². The van der Waals surface area contributed by atoms with Crippen LogP contribution in [0.25, 0.3) is 11.8 Å². The number of fused-ring (bicyclic) bond motifs is 1. The second-order valence-corrected chi connectivity index (χ2v) is 10.3. The van der Waals surface area contributed by atoms with Gasteiger partial charge in [-0.15, -0.1) is 0 Å². The summed E-state index contributed by atoms with van der Waals surface area (Å²) in [5.74, 6) is 0.544. The van der Waals surface area contributed by atoms with Crippen LogP contribution in [0.15, 0.2) is 101 Å². The molecule has 1 aliphatic heterocycles. The first-order valence-corrected chi connectivity index (χ1v) is 12.7. The van der Waals surface area contributed by atoms with E-state index in [1.807, 2.05) is 11.8 Å². The third-order valence-corrected chi connectivity index (χ3v) is 7.50. The molecule has 0 bridgehead atoms. The molecule has 0 atom stereocenters. The van der Waals surface area contributed by atoms with Crippen LogP contribution in [0.2, 0.25) is 0 Å². The van der Waals surface area contributed by atoms with E-state index in [1.54, 1.807) is 0 Å². The number of rotatable bonds is 5. The quantitative estimate of drug-likeness (QED) is 0.279. The molecule has 0 amide bonds. The van der Waals surface area contributed by atoms with E-state index in [-0.39, 0.29) is 0 Å². The maximum atomic E-state index is 2.44. The SMILES string of the molecule is Cc1cc(/C=C2\Sc3ccccc3N2Cc2ccccc2)cc(C)[n+]1-c1ccc(C(C)C)cc1. The van der Waals surface area contributed by atoms with Crippen molar-refractivity contribution < 1.29 is 4.57 Å². The Hall–Kier alpha value is -3.30. The zero-order valence-electron chi connectivity index (χ0n) is 20.3. The molecule has 0 fully saturated rings. The standard InChI is InChI=1S/C31H31N2S/c1-22(2)27-14-16-28(17-15-27)33-23(3)18-26(19-24(33)4)20-31-32(21-25-10-6-5-7-11-25)29-12-8-9-13-30(29)34-31/h5-20,22H,21H2,1-4H3/q+1. The molecular weight excluding hydrogens is 432 g/mol. The summed E-state index contributed by atoms with van der Waals surface area (Å²) in [6, 6.07) is 33.0. The first kappa shape index (κ1) is 22.5. The van der Waals surface area contributed by atoms with Crippen molar-refractivity contribution in [1.29, 1.82) is 0 Å². The van der Waals surface area contributed by atoms with Gasteiger partial charge in [-0.05, 0) is 40.8 Å². The molecule has 0 spiro atoms. The van der Waals surface area contributed by atoms with E-state index >= 15 is 0 Å². The number of para-hydroxylation sites is 1. The Bertz CT molecular complexity index is 1310. The van der Waals surface area contributed by atoms with Gasteiger partial charge in [0.2, 0.25) is 5.69 Å². The zero-order valence-corrected chi connectivity index (χ0v) is 21.1. The molecular formula is C31H31N2S+. The summed E-state index contributed by atoms with van der Waals surface area (Å²) in [6.45, 7) is 9.74. The van der Waals surface area contributed by atoms with Crippen molar-refractivity contribution in [3.8, 4) is 5.69 Å². The topological polar surface area (TPSA) is 7.12 Å². The lowest BCUT2D eigenvalue weighted by Crippen LogP contribution is -2.37. The Labute approximate surface area is 207 Å². The Morgan fingerprint density at radius 2 is 1.47 bits per heavy atom. The Morgan fingerprint density at radius 1 is 0.824 bits per heavy atom. The number of pyridine rings is 1. The highest BCUT2D eigenvalue weighted by Gasteiger charge is 2.25. The summed E-state index contributed by atoms with van der Waals surface area (Å²) in [5.41, 5.74) is 8.89. The lowest BCUT2D eigenvalue weighted by atomic mass is 10.0. The van der Waals surface area contributed by atoms with Crippen molar-refractivity contribution in [2.75, 3.05) is 4.90 Å². The van der Waals surface area contributed by atoms with Crippen molar-refractivity contribution in [2.45, 2.75) is 45.1 Å². The van der Waals surface area contributed by atoms with Crippen molar-refractivity contribution in [3.63, 3.8) is 0 Å². The lowest BCUT2D eigenvalue weighted by Gasteiger charge is -2.21. The molecule has 1 aliphatic rings. The summed E-state index contributed by atoms with van der Waals surface area (Å²) in [4.78, 5) is 3.75. The number of aryl methyl sites for hydroxylation is 2. The van der Waals surface area contributed by atoms with Crippen LogP contribution in [0, 0.1) is 13.8 Å². The highest BCUT2D eigenvalue weighted by Crippen LogP contribution is 2.47. The van der Waals surface area contributed by atoms with E-state index in [0.717, 1.165) is 6.54 Å². The number of benzene rings is 3. The van der Waals surface area contributed by atoms with Crippen molar-refractivity contribution in [1.82, 2.24) is 0 Å². The van der Waals surface area contributed by atoms with Gasteiger partial charge >= 0.3 is 0 Å². The molecule has 5 rings (SSSR count). The fraction of sp³-hybridized carbons (Fsp3) is 0.194. The van der Waals surface area contributed by atoms with E-state index in [2.05, 4.69) is 134 Å². The van der Waals surface area contributed by atoms with Crippen molar-refractivity contribution >= 4 is 23.5 Å². The van der Waals surface area contributed by atoms with Crippen molar-refractivity contribution in [3.05, 3.63) is 124 Å². The fourth-order valence-electron chi connectivity index (χ4n) is 4.66. The molecule has 0 saturated heterocycles. The summed E-state index contributed by atoms with van der Waals surface area (Å²) >= 11 is 1.86. The molecule has 0 N–H and O–H groups in total. The molecule has 2 nitrogen and oxygen atoms in total. The number of thioether (sulfide) groups is 1. The highest BCUT2D eigenvalue weighted by molar-refractivity contribution is 8.03. The molecule has 170 valence electrons. The van der Waals surface area contributed by atoms with E-state index in [1.165, 1.54) is 49.4 Å². The summed E-state index contributed by atoms with van der Waals surface area (Å²) in [6.07, 6.45) is 2.33. The molecule has 0 saturated carbocycles. The van der Waals surface area contributed by atoms with Gasteiger partial charge < -0.3 is 4.90 Å². The first-order chi connectivity index (χ1) is 16.5. The molecule has 0 aliphatic carbocycles. The molecule has 2 heterocycles. The normalized spacial score (nSPS) is 14.1. The van der Waals surface area contributed by atoms with Crippen LogP contribution in [0.1, 0.15) is 47.8 Å². The average Bonchev–Trinajstić information content (AvgIpc) is 3.16. The van der Waals surface area contributed by atoms with Gasteiger partial charge in [0, 0.05) is 49.6 Å². The smallest absolute Gasteiger partial charge is 0.211 e. The van der Waals surface area contributed by atoms with Crippen LogP contribution in [0.5, 0.6) is 0 Å². The number of anilines is 1. The van der Waals surface area contributed by atoms with E-state index in [9.17, 15) is 0 Å². The predicted molar refractivity (Wildman–Crippen MR) is 144 cm³/mol. The lowest BCUT2D eigenvalue weighted by molar-refractivity contribution is -0.609. The monoisotopic (exact) mass is 463 g/mol. The molecule has 3 heteroatoms. The number of nitrogens with zero attached hydrogens (tertiary/aromatic N) is 2. The van der Waals surface area contributed by atoms with Gasteiger partial charge in [-0.3, -0.25) is 0 Å². The number of aromatic nitrogens is 1. The molecule has 0 unspecified atom stereocenters. The molecule has 4 aromatic rings. The minimum Gasteiger partial charge on any atom is -0.330 e. The van der Waals surface area contributed by atoms with Crippen molar-refractivity contribution in [2.24, 2.45) is 0 Å². The van der Waals surface area contributed by atoms with Gasteiger partial charge in [0.25, 0.3) is 0 Å². The zero-order chi connectivity index (χ0) is 23.7. The molecule has 1 aromatic heterocycles. The largest absolute Gasteiger partial charge is 0.330 e. The summed E-state index contributed by atoms with van der Waals surface area (Å²) in [5, 5.41) is 1.27. The average molecular weight is 464 g/mol. The van der Waals surface area contributed by atoms with Crippen LogP contribution in [0.4, 0.5) is 5.69 Å². The molecule has 0 radical (unpaired) electrons. The summed E-state index contributed by atoms with van der Waals surface area (Å²) < 4.78 is 2.34. The Morgan fingerprint density at radius 3 is 2.15 bits per heavy atom. The second-order valence-electron chi connectivity index (χ2n) is 9.28.